The van der Waals surface area contributed by atoms with Crippen LogP contribution < -0.4 is 9.47 Å². The molecule has 0 saturated carbocycles. The van der Waals surface area contributed by atoms with Crippen molar-refractivity contribution >= 4 is 22.2 Å². The van der Waals surface area contributed by atoms with E-state index in [1.165, 1.54) is 20.3 Å². The first-order valence-corrected chi connectivity index (χ1v) is 5.51. The van der Waals surface area contributed by atoms with Crippen LogP contribution in [0.5, 0.6) is 17.2 Å². The van der Waals surface area contributed by atoms with Gasteiger partial charge in [0.2, 0.25) is 0 Å². The Morgan fingerprint density at radius 1 is 1.44 bits per heavy atom. The van der Waals surface area contributed by atoms with Crippen LogP contribution in [-0.4, -0.2) is 25.6 Å². The number of carbonyl (C=O) groups is 1. The van der Waals surface area contributed by atoms with Gasteiger partial charge in [0.25, 0.3) is 0 Å². The van der Waals surface area contributed by atoms with E-state index in [0.717, 1.165) is 6.29 Å². The highest BCUT2D eigenvalue weighted by Gasteiger charge is 2.16. The molecule has 0 spiro atoms. The van der Waals surface area contributed by atoms with E-state index in [9.17, 15) is 9.90 Å². The second-order valence-corrected chi connectivity index (χ2v) is 3.92. The van der Waals surface area contributed by atoms with Crippen molar-refractivity contribution in [1.29, 1.82) is 0 Å². The molecule has 0 radical (unpaired) electrons. The molecular weight excluding hydrogens is 276 g/mol. The predicted molar refractivity (Wildman–Crippen MR) is 63.3 cm³/mol. The molecule has 0 aliphatic heterocycles. The zero-order valence-electron chi connectivity index (χ0n) is 9.12. The average molecular weight is 289 g/mol. The number of halogens is 1. The van der Waals surface area contributed by atoms with E-state index in [2.05, 4.69) is 15.9 Å². The van der Waals surface area contributed by atoms with Crippen LogP contribution in [0.25, 0.3) is 0 Å². The number of aldehydes is 1. The molecule has 1 N–H and O–H groups in total. The number of phenols is 1. The molecule has 1 aromatic rings. The molecule has 0 atom stereocenters. The number of hydrogen-bond acceptors (Lipinski definition) is 4. The SMILES string of the molecule is COc1cc(O)c(CCC=O)c(Br)c1OC. The van der Waals surface area contributed by atoms with Crippen LogP contribution in [-0.2, 0) is 11.2 Å². The Morgan fingerprint density at radius 3 is 2.62 bits per heavy atom. The second kappa shape index (κ2) is 5.75. The summed E-state index contributed by atoms with van der Waals surface area (Å²) in [6.45, 7) is 0. The fourth-order valence-electron chi connectivity index (χ4n) is 1.42. The molecule has 0 aromatic heterocycles. The van der Waals surface area contributed by atoms with Gasteiger partial charge in [-0.25, -0.2) is 0 Å². The number of methoxy groups -OCH3 is 2. The molecular formula is C11H13BrO4. The van der Waals surface area contributed by atoms with Crippen LogP contribution in [0.4, 0.5) is 0 Å². The van der Waals surface area contributed by atoms with Crippen molar-refractivity contribution in [2.75, 3.05) is 14.2 Å². The van der Waals surface area contributed by atoms with Crippen LogP contribution in [0.2, 0.25) is 0 Å². The van der Waals surface area contributed by atoms with Gasteiger partial charge in [-0.3, -0.25) is 0 Å². The summed E-state index contributed by atoms with van der Waals surface area (Å²) in [5.74, 6) is 1.05. The first kappa shape index (κ1) is 12.8. The van der Waals surface area contributed by atoms with Crippen LogP contribution >= 0.6 is 15.9 Å². The van der Waals surface area contributed by atoms with Gasteiger partial charge in [0.1, 0.15) is 12.0 Å². The van der Waals surface area contributed by atoms with Gasteiger partial charge in [0.05, 0.1) is 18.7 Å². The predicted octanol–water partition coefficient (Wildman–Crippen LogP) is 2.30. The summed E-state index contributed by atoms with van der Waals surface area (Å²) >= 11 is 3.33. The van der Waals surface area contributed by atoms with Crippen molar-refractivity contribution in [3.8, 4) is 17.2 Å². The maximum Gasteiger partial charge on any atom is 0.175 e. The summed E-state index contributed by atoms with van der Waals surface area (Å²) in [7, 11) is 3.01. The van der Waals surface area contributed by atoms with E-state index in [1.807, 2.05) is 0 Å². The molecule has 1 rings (SSSR count). The smallest absolute Gasteiger partial charge is 0.175 e. The lowest BCUT2D eigenvalue weighted by Gasteiger charge is -2.14. The van der Waals surface area contributed by atoms with Crippen molar-refractivity contribution in [3.05, 3.63) is 16.1 Å². The van der Waals surface area contributed by atoms with E-state index in [1.54, 1.807) is 0 Å². The standard InChI is InChI=1S/C11H13BrO4/c1-15-9-6-8(14)7(4-3-5-13)10(12)11(9)16-2/h5-6,14H,3-4H2,1-2H3. The van der Waals surface area contributed by atoms with Gasteiger partial charge in [-0.2, -0.15) is 0 Å². The number of aromatic hydroxyl groups is 1. The Hall–Kier alpha value is -1.23. The number of ether oxygens (including phenoxy) is 2. The summed E-state index contributed by atoms with van der Waals surface area (Å²) in [5.41, 5.74) is 0.643. The van der Waals surface area contributed by atoms with E-state index in [0.29, 0.717) is 34.4 Å². The highest BCUT2D eigenvalue weighted by Crippen LogP contribution is 2.42. The molecule has 0 heterocycles. The van der Waals surface area contributed by atoms with E-state index >= 15 is 0 Å². The van der Waals surface area contributed by atoms with E-state index in [-0.39, 0.29) is 5.75 Å². The minimum absolute atomic E-state index is 0.0892. The zero-order chi connectivity index (χ0) is 12.1. The Bertz CT molecular complexity index is 390. The van der Waals surface area contributed by atoms with Crippen molar-refractivity contribution in [3.63, 3.8) is 0 Å². The van der Waals surface area contributed by atoms with Gasteiger partial charge < -0.3 is 19.4 Å². The Morgan fingerprint density at radius 2 is 2.12 bits per heavy atom. The fourth-order valence-corrected chi connectivity index (χ4v) is 2.18. The molecule has 5 heteroatoms. The first-order chi connectivity index (χ1) is 7.65. The van der Waals surface area contributed by atoms with Crippen molar-refractivity contribution in [1.82, 2.24) is 0 Å². The van der Waals surface area contributed by atoms with Crippen LogP contribution in [0.1, 0.15) is 12.0 Å². The van der Waals surface area contributed by atoms with Gasteiger partial charge in [0.15, 0.2) is 11.5 Å². The quantitative estimate of drug-likeness (QED) is 0.845. The van der Waals surface area contributed by atoms with Crippen LogP contribution in [0.3, 0.4) is 0 Å². The number of rotatable bonds is 5. The normalized spacial score (nSPS) is 9.94. The number of phenolic OH excluding ortho intramolecular Hbond substituents is 1. The van der Waals surface area contributed by atoms with Gasteiger partial charge in [0, 0.05) is 18.1 Å². The topological polar surface area (TPSA) is 55.8 Å². The molecule has 88 valence electrons. The summed E-state index contributed by atoms with van der Waals surface area (Å²) in [5, 5.41) is 9.77. The minimum atomic E-state index is 0.0892. The van der Waals surface area contributed by atoms with Crippen LogP contribution in [0.15, 0.2) is 10.5 Å². The lowest BCUT2D eigenvalue weighted by Crippen LogP contribution is -1.96. The maximum absolute atomic E-state index is 10.3. The third-order valence-electron chi connectivity index (χ3n) is 2.20. The van der Waals surface area contributed by atoms with Crippen molar-refractivity contribution in [2.45, 2.75) is 12.8 Å². The molecule has 0 bridgehead atoms. The van der Waals surface area contributed by atoms with Gasteiger partial charge in [-0.15, -0.1) is 0 Å². The van der Waals surface area contributed by atoms with Crippen LogP contribution in [0, 0.1) is 0 Å². The van der Waals surface area contributed by atoms with E-state index in [4.69, 9.17) is 9.47 Å². The Kier molecular flexibility index (Phi) is 4.61. The molecule has 1 aromatic carbocycles. The summed E-state index contributed by atoms with van der Waals surface area (Å²) in [6.07, 6.45) is 1.61. The average Bonchev–Trinajstić information content (AvgIpc) is 2.28. The number of carbonyl (C=O) groups excluding carboxylic acids is 1. The third-order valence-corrected chi connectivity index (χ3v) is 3.04. The second-order valence-electron chi connectivity index (χ2n) is 3.13. The molecule has 4 nitrogen and oxygen atoms in total. The van der Waals surface area contributed by atoms with Gasteiger partial charge in [-0.1, -0.05) is 0 Å². The molecule has 0 amide bonds. The minimum Gasteiger partial charge on any atom is -0.507 e. The lowest BCUT2D eigenvalue weighted by molar-refractivity contribution is -0.107. The fraction of sp³-hybridized carbons (Fsp3) is 0.364. The summed E-state index contributed by atoms with van der Waals surface area (Å²) < 4.78 is 10.9. The molecule has 16 heavy (non-hydrogen) atoms. The number of hydrogen-bond donors (Lipinski definition) is 1. The molecule has 0 saturated heterocycles. The highest BCUT2D eigenvalue weighted by atomic mass is 79.9. The van der Waals surface area contributed by atoms with Gasteiger partial charge in [-0.05, 0) is 22.4 Å². The van der Waals surface area contributed by atoms with Gasteiger partial charge >= 0.3 is 0 Å². The third kappa shape index (κ3) is 2.47. The summed E-state index contributed by atoms with van der Waals surface area (Å²) in [6, 6.07) is 1.48. The monoisotopic (exact) mass is 288 g/mol. The van der Waals surface area contributed by atoms with Crippen molar-refractivity contribution < 1.29 is 19.4 Å². The molecule has 0 aliphatic rings. The van der Waals surface area contributed by atoms with E-state index < -0.39 is 0 Å². The maximum atomic E-state index is 10.3. The number of benzene rings is 1. The zero-order valence-corrected chi connectivity index (χ0v) is 10.7. The molecule has 0 unspecified atom stereocenters. The Labute approximate surface area is 102 Å². The first-order valence-electron chi connectivity index (χ1n) is 4.71. The highest BCUT2D eigenvalue weighted by molar-refractivity contribution is 9.10. The Balaban J connectivity index is 3.23. The van der Waals surface area contributed by atoms with Crippen molar-refractivity contribution in [2.24, 2.45) is 0 Å². The largest absolute Gasteiger partial charge is 0.507 e. The summed E-state index contributed by atoms with van der Waals surface area (Å²) in [4.78, 5) is 10.3. The molecule has 0 fully saturated rings. The molecule has 0 aliphatic carbocycles. The lowest BCUT2D eigenvalue weighted by atomic mass is 10.1.